The van der Waals surface area contributed by atoms with Crippen molar-refractivity contribution in [3.8, 4) is 0 Å². The average molecular weight is 345 g/mol. The van der Waals surface area contributed by atoms with Crippen LogP contribution in [0.2, 0.25) is 0 Å². The predicted octanol–water partition coefficient (Wildman–Crippen LogP) is 3.36. The molecule has 1 heterocycles. The standard InChI is InChI=1S/C13H13FINO/c14-11-3-1-10(2-4-11)7-8-16-9-12-5-6-13(15)17-12/h1-6,16H,7-9H2. The molecule has 90 valence electrons. The molecule has 0 spiro atoms. The molecule has 1 N–H and O–H groups in total. The second kappa shape index (κ2) is 6.16. The van der Waals surface area contributed by atoms with E-state index in [1.807, 2.05) is 24.3 Å². The lowest BCUT2D eigenvalue weighted by molar-refractivity contribution is 0.464. The Labute approximate surface area is 113 Å². The maximum absolute atomic E-state index is 12.7. The minimum Gasteiger partial charge on any atom is -0.454 e. The lowest BCUT2D eigenvalue weighted by atomic mass is 10.1. The zero-order valence-electron chi connectivity index (χ0n) is 9.25. The highest BCUT2D eigenvalue weighted by atomic mass is 127. The van der Waals surface area contributed by atoms with Gasteiger partial charge in [0.2, 0.25) is 0 Å². The number of halogens is 2. The van der Waals surface area contributed by atoms with Gasteiger partial charge in [0, 0.05) is 0 Å². The van der Waals surface area contributed by atoms with Crippen LogP contribution < -0.4 is 5.32 Å². The van der Waals surface area contributed by atoms with Crippen molar-refractivity contribution in [3.05, 3.63) is 57.3 Å². The van der Waals surface area contributed by atoms with E-state index in [-0.39, 0.29) is 5.82 Å². The summed E-state index contributed by atoms with van der Waals surface area (Å²) in [6, 6.07) is 10.5. The van der Waals surface area contributed by atoms with E-state index in [2.05, 4.69) is 27.9 Å². The van der Waals surface area contributed by atoms with Crippen molar-refractivity contribution in [1.82, 2.24) is 5.32 Å². The molecule has 0 aliphatic heterocycles. The lowest BCUT2D eigenvalue weighted by Crippen LogP contribution is -2.16. The summed E-state index contributed by atoms with van der Waals surface area (Å²) in [6.45, 7) is 1.58. The normalized spacial score (nSPS) is 10.7. The van der Waals surface area contributed by atoms with Gasteiger partial charge in [0.25, 0.3) is 0 Å². The molecule has 0 aliphatic carbocycles. The Morgan fingerprint density at radius 1 is 1.12 bits per heavy atom. The minimum atomic E-state index is -0.188. The molecule has 0 fully saturated rings. The highest BCUT2D eigenvalue weighted by molar-refractivity contribution is 14.1. The SMILES string of the molecule is Fc1ccc(CCNCc2ccc(I)o2)cc1. The number of hydrogen-bond donors (Lipinski definition) is 1. The zero-order chi connectivity index (χ0) is 12.1. The maximum atomic E-state index is 12.7. The van der Waals surface area contributed by atoms with E-state index >= 15 is 0 Å². The Morgan fingerprint density at radius 3 is 2.53 bits per heavy atom. The highest BCUT2D eigenvalue weighted by Crippen LogP contribution is 2.09. The third-order valence-corrected chi connectivity index (χ3v) is 3.01. The van der Waals surface area contributed by atoms with Crippen molar-refractivity contribution in [3.63, 3.8) is 0 Å². The van der Waals surface area contributed by atoms with E-state index in [1.54, 1.807) is 0 Å². The van der Waals surface area contributed by atoms with Gasteiger partial charge in [0.15, 0.2) is 3.77 Å². The molecule has 0 saturated heterocycles. The Kier molecular flexibility index (Phi) is 4.56. The third kappa shape index (κ3) is 4.12. The molecule has 2 aromatic rings. The quantitative estimate of drug-likeness (QED) is 0.664. The summed E-state index contributed by atoms with van der Waals surface area (Å²) < 4.78 is 19.0. The summed E-state index contributed by atoms with van der Waals surface area (Å²) in [5.41, 5.74) is 1.13. The molecule has 4 heteroatoms. The molecule has 0 atom stereocenters. The van der Waals surface area contributed by atoms with Gasteiger partial charge >= 0.3 is 0 Å². The molecule has 17 heavy (non-hydrogen) atoms. The van der Waals surface area contributed by atoms with E-state index in [0.29, 0.717) is 0 Å². The number of benzene rings is 1. The van der Waals surface area contributed by atoms with Crippen LogP contribution in [0.15, 0.2) is 40.8 Å². The summed E-state index contributed by atoms with van der Waals surface area (Å²) in [5, 5.41) is 3.29. The fourth-order valence-corrected chi connectivity index (χ4v) is 2.00. The largest absolute Gasteiger partial charge is 0.454 e. The smallest absolute Gasteiger partial charge is 0.164 e. The summed E-state index contributed by atoms with van der Waals surface area (Å²) in [7, 11) is 0. The van der Waals surface area contributed by atoms with Gasteiger partial charge in [-0.2, -0.15) is 0 Å². The first-order valence-electron chi connectivity index (χ1n) is 5.43. The van der Waals surface area contributed by atoms with E-state index in [1.165, 1.54) is 12.1 Å². The Bertz CT molecular complexity index is 467. The van der Waals surface area contributed by atoms with Crippen LogP contribution in [0.4, 0.5) is 4.39 Å². The molecule has 2 rings (SSSR count). The van der Waals surface area contributed by atoms with Gasteiger partial charge in [0.1, 0.15) is 11.6 Å². The first kappa shape index (κ1) is 12.6. The molecule has 0 unspecified atom stereocenters. The van der Waals surface area contributed by atoms with Crippen LogP contribution in [0.3, 0.4) is 0 Å². The highest BCUT2D eigenvalue weighted by Gasteiger charge is 1.99. The molecule has 1 aromatic heterocycles. The molecule has 0 bridgehead atoms. The Morgan fingerprint density at radius 2 is 1.88 bits per heavy atom. The summed E-state index contributed by atoms with van der Waals surface area (Å²) in [5.74, 6) is 0.750. The van der Waals surface area contributed by atoms with Crippen LogP contribution in [0, 0.1) is 9.58 Å². The van der Waals surface area contributed by atoms with Crippen LogP contribution >= 0.6 is 22.6 Å². The molecule has 0 radical (unpaired) electrons. The summed E-state index contributed by atoms with van der Waals surface area (Å²) >= 11 is 2.14. The number of furan rings is 1. The van der Waals surface area contributed by atoms with E-state index in [4.69, 9.17) is 4.42 Å². The van der Waals surface area contributed by atoms with Crippen molar-refractivity contribution < 1.29 is 8.81 Å². The molecule has 0 amide bonds. The van der Waals surface area contributed by atoms with E-state index in [0.717, 1.165) is 34.6 Å². The van der Waals surface area contributed by atoms with Crippen molar-refractivity contribution >= 4 is 22.6 Å². The van der Waals surface area contributed by atoms with Crippen molar-refractivity contribution in [1.29, 1.82) is 0 Å². The van der Waals surface area contributed by atoms with Crippen LogP contribution in [0.25, 0.3) is 0 Å². The second-order valence-corrected chi connectivity index (χ2v) is 4.82. The average Bonchev–Trinajstić information content (AvgIpc) is 2.73. The fraction of sp³-hybridized carbons (Fsp3) is 0.231. The maximum Gasteiger partial charge on any atom is 0.164 e. The van der Waals surface area contributed by atoms with E-state index in [9.17, 15) is 4.39 Å². The van der Waals surface area contributed by atoms with Gasteiger partial charge in [-0.1, -0.05) is 12.1 Å². The Balaban J connectivity index is 1.71. The molecular weight excluding hydrogens is 332 g/mol. The third-order valence-electron chi connectivity index (χ3n) is 2.43. The fourth-order valence-electron chi connectivity index (χ4n) is 1.54. The first-order valence-corrected chi connectivity index (χ1v) is 6.51. The number of hydrogen-bond acceptors (Lipinski definition) is 2. The monoisotopic (exact) mass is 345 g/mol. The molecule has 0 aliphatic rings. The van der Waals surface area contributed by atoms with Crippen molar-refractivity contribution in [2.24, 2.45) is 0 Å². The first-order chi connectivity index (χ1) is 8.24. The molecule has 1 aromatic carbocycles. The van der Waals surface area contributed by atoms with Gasteiger partial charge in [-0.25, -0.2) is 4.39 Å². The predicted molar refractivity (Wildman–Crippen MR) is 73.2 cm³/mol. The number of rotatable bonds is 5. The van der Waals surface area contributed by atoms with Crippen LogP contribution in [0.1, 0.15) is 11.3 Å². The van der Waals surface area contributed by atoms with Crippen LogP contribution in [-0.2, 0) is 13.0 Å². The zero-order valence-corrected chi connectivity index (χ0v) is 11.4. The van der Waals surface area contributed by atoms with Gasteiger partial charge in [-0.15, -0.1) is 0 Å². The van der Waals surface area contributed by atoms with E-state index < -0.39 is 0 Å². The topological polar surface area (TPSA) is 25.2 Å². The van der Waals surface area contributed by atoms with Gasteiger partial charge in [0.05, 0.1) is 6.54 Å². The Hall–Kier alpha value is -0.880. The summed E-state index contributed by atoms with van der Waals surface area (Å²) in [4.78, 5) is 0. The lowest BCUT2D eigenvalue weighted by Gasteiger charge is -2.03. The molecule has 0 saturated carbocycles. The van der Waals surface area contributed by atoms with Crippen LogP contribution in [0.5, 0.6) is 0 Å². The number of nitrogens with one attached hydrogen (secondary N) is 1. The van der Waals surface area contributed by atoms with Gasteiger partial charge in [-0.3, -0.25) is 0 Å². The minimum absolute atomic E-state index is 0.188. The van der Waals surface area contributed by atoms with Gasteiger partial charge < -0.3 is 9.73 Å². The van der Waals surface area contributed by atoms with Crippen molar-refractivity contribution in [2.75, 3.05) is 6.54 Å². The molecular formula is C13H13FINO. The molecule has 2 nitrogen and oxygen atoms in total. The van der Waals surface area contributed by atoms with Crippen molar-refractivity contribution in [2.45, 2.75) is 13.0 Å². The van der Waals surface area contributed by atoms with Gasteiger partial charge in [-0.05, 0) is 65.4 Å². The van der Waals surface area contributed by atoms with Crippen LogP contribution in [-0.4, -0.2) is 6.54 Å². The second-order valence-electron chi connectivity index (χ2n) is 3.76. The summed E-state index contributed by atoms with van der Waals surface area (Å²) in [6.07, 6.45) is 0.887.